The van der Waals surface area contributed by atoms with E-state index >= 15 is 0 Å². The number of piperidine rings is 1. The highest BCUT2D eigenvalue weighted by Gasteiger charge is 2.20. The second kappa shape index (κ2) is 7.87. The van der Waals surface area contributed by atoms with Gasteiger partial charge in [0.2, 0.25) is 0 Å². The molecule has 0 amide bonds. The average Bonchev–Trinajstić information content (AvgIpc) is 2.53. The van der Waals surface area contributed by atoms with Crippen molar-refractivity contribution in [2.45, 2.75) is 26.2 Å². The van der Waals surface area contributed by atoms with Crippen molar-refractivity contribution in [3.63, 3.8) is 0 Å². The van der Waals surface area contributed by atoms with E-state index in [1.54, 1.807) is 0 Å². The second-order valence-corrected chi connectivity index (χ2v) is 6.06. The molecule has 1 aliphatic rings. The molecule has 8 heteroatoms. The molecule has 0 aliphatic carbocycles. The molecule has 23 heavy (non-hydrogen) atoms. The molecule has 1 heterocycles. The fourth-order valence-corrected chi connectivity index (χ4v) is 2.87. The number of anilines is 1. The lowest BCUT2D eigenvalue weighted by Crippen LogP contribution is -2.35. The molecule has 1 unspecified atom stereocenters. The number of nitrogens with zero attached hydrogens (tertiary/aromatic N) is 3. The van der Waals surface area contributed by atoms with Crippen LogP contribution in [0.1, 0.15) is 26.2 Å². The van der Waals surface area contributed by atoms with Crippen LogP contribution in [0.25, 0.3) is 0 Å². The summed E-state index contributed by atoms with van der Waals surface area (Å²) in [5, 5.41) is 24.9. The molecule has 0 saturated carbocycles. The van der Waals surface area contributed by atoms with E-state index in [2.05, 4.69) is 17.1 Å². The molecule has 1 aromatic carbocycles. The van der Waals surface area contributed by atoms with E-state index < -0.39 is 9.85 Å². The average molecular weight is 322 g/mol. The normalized spacial score (nSPS) is 16.7. The highest BCUT2D eigenvalue weighted by atomic mass is 16.6. The summed E-state index contributed by atoms with van der Waals surface area (Å²) >= 11 is 0. The van der Waals surface area contributed by atoms with Crippen LogP contribution < -0.4 is 5.32 Å². The number of nitrogens with one attached hydrogen (secondary N) is 1. The highest BCUT2D eigenvalue weighted by Crippen LogP contribution is 2.29. The first-order valence-electron chi connectivity index (χ1n) is 7.86. The topological polar surface area (TPSA) is 102 Å². The summed E-state index contributed by atoms with van der Waals surface area (Å²) in [7, 11) is 0. The molecule has 0 bridgehead atoms. The minimum atomic E-state index is -0.629. The Morgan fingerprint density at radius 3 is 2.48 bits per heavy atom. The maximum atomic E-state index is 11.1. The van der Waals surface area contributed by atoms with Crippen LogP contribution in [0.15, 0.2) is 18.2 Å². The van der Waals surface area contributed by atoms with Crippen molar-refractivity contribution >= 4 is 17.1 Å². The van der Waals surface area contributed by atoms with E-state index in [-0.39, 0.29) is 11.4 Å². The fourth-order valence-electron chi connectivity index (χ4n) is 2.87. The number of non-ortho nitro benzene ring substituents is 1. The van der Waals surface area contributed by atoms with Crippen LogP contribution >= 0.6 is 0 Å². The number of benzene rings is 1. The number of rotatable bonds is 7. The van der Waals surface area contributed by atoms with Crippen molar-refractivity contribution in [1.82, 2.24) is 4.90 Å². The third kappa shape index (κ3) is 4.88. The Hall–Kier alpha value is -2.22. The zero-order chi connectivity index (χ0) is 16.8. The smallest absolute Gasteiger partial charge is 0.299 e. The van der Waals surface area contributed by atoms with Gasteiger partial charge in [-0.25, -0.2) is 0 Å². The summed E-state index contributed by atoms with van der Waals surface area (Å²) in [5.74, 6) is 0.336. The van der Waals surface area contributed by atoms with E-state index in [1.165, 1.54) is 31.4 Å². The molecule has 0 aromatic heterocycles. The predicted molar refractivity (Wildman–Crippen MR) is 87.7 cm³/mol. The van der Waals surface area contributed by atoms with Gasteiger partial charge < -0.3 is 10.2 Å². The lowest BCUT2D eigenvalue weighted by atomic mass is 10.1. The molecule has 1 fully saturated rings. The van der Waals surface area contributed by atoms with E-state index in [4.69, 9.17) is 0 Å². The van der Waals surface area contributed by atoms with Gasteiger partial charge in [0, 0.05) is 19.2 Å². The lowest BCUT2D eigenvalue weighted by molar-refractivity contribution is -0.393. The number of nitro groups is 2. The zero-order valence-corrected chi connectivity index (χ0v) is 13.2. The summed E-state index contributed by atoms with van der Waals surface area (Å²) in [6.45, 7) is 5.87. The Balaban J connectivity index is 1.96. The Kier molecular flexibility index (Phi) is 5.86. The standard InChI is InChI=1S/C15H22N4O4/c1-12(11-17-7-3-2-4-8-17)10-16-14-6-5-13(18(20)21)9-15(14)19(22)23/h5-6,9,12,16H,2-4,7-8,10-11H2,1H3. The third-order valence-corrected chi connectivity index (χ3v) is 4.05. The van der Waals surface area contributed by atoms with Crippen molar-refractivity contribution in [3.8, 4) is 0 Å². The van der Waals surface area contributed by atoms with E-state index in [9.17, 15) is 20.2 Å². The molecule has 8 nitrogen and oxygen atoms in total. The van der Waals surface area contributed by atoms with Gasteiger partial charge in [-0.3, -0.25) is 20.2 Å². The summed E-state index contributed by atoms with van der Waals surface area (Å²) < 4.78 is 0. The number of nitro benzene ring substituents is 2. The van der Waals surface area contributed by atoms with Crippen molar-refractivity contribution in [3.05, 3.63) is 38.4 Å². The predicted octanol–water partition coefficient (Wildman–Crippen LogP) is 3.04. The van der Waals surface area contributed by atoms with Crippen LogP contribution in [0.4, 0.5) is 17.1 Å². The summed E-state index contributed by atoms with van der Waals surface area (Å²) in [6.07, 6.45) is 3.75. The van der Waals surface area contributed by atoms with Crippen LogP contribution in [0.2, 0.25) is 0 Å². The second-order valence-electron chi connectivity index (χ2n) is 6.06. The first-order chi connectivity index (χ1) is 11.0. The first kappa shape index (κ1) is 17.1. The minimum Gasteiger partial charge on any atom is -0.379 e. The molecule has 1 aromatic rings. The maximum Gasteiger partial charge on any atom is 0.299 e. The highest BCUT2D eigenvalue weighted by molar-refractivity contribution is 5.65. The molecule has 126 valence electrons. The maximum absolute atomic E-state index is 11.1. The number of hydrogen-bond acceptors (Lipinski definition) is 6. The quantitative estimate of drug-likeness (QED) is 0.611. The molecule has 1 N–H and O–H groups in total. The summed E-state index contributed by atoms with van der Waals surface area (Å²) in [6, 6.07) is 3.69. The van der Waals surface area contributed by atoms with Gasteiger partial charge in [0.15, 0.2) is 0 Å². The van der Waals surface area contributed by atoms with Crippen molar-refractivity contribution in [2.24, 2.45) is 5.92 Å². The summed E-state index contributed by atoms with van der Waals surface area (Å²) in [4.78, 5) is 23.0. The van der Waals surface area contributed by atoms with Crippen molar-refractivity contribution in [1.29, 1.82) is 0 Å². The molecule has 0 spiro atoms. The number of likely N-dealkylation sites (tertiary alicyclic amines) is 1. The lowest BCUT2D eigenvalue weighted by Gasteiger charge is -2.29. The van der Waals surface area contributed by atoms with Crippen molar-refractivity contribution < 1.29 is 9.85 Å². The van der Waals surface area contributed by atoms with Gasteiger partial charge in [-0.1, -0.05) is 13.3 Å². The summed E-state index contributed by atoms with van der Waals surface area (Å²) in [5.41, 5.74) is -0.209. The van der Waals surface area contributed by atoms with Crippen LogP contribution in [0.5, 0.6) is 0 Å². The van der Waals surface area contributed by atoms with E-state index in [1.807, 2.05) is 0 Å². The van der Waals surface area contributed by atoms with Gasteiger partial charge in [0.05, 0.1) is 15.9 Å². The van der Waals surface area contributed by atoms with E-state index in [0.717, 1.165) is 25.7 Å². The molecule has 1 saturated heterocycles. The van der Waals surface area contributed by atoms with Gasteiger partial charge in [-0.15, -0.1) is 0 Å². The van der Waals surface area contributed by atoms with Crippen molar-refractivity contribution in [2.75, 3.05) is 31.5 Å². The molecule has 0 radical (unpaired) electrons. The van der Waals surface area contributed by atoms with Crippen LogP contribution in [0, 0.1) is 26.1 Å². The Morgan fingerprint density at radius 2 is 1.87 bits per heavy atom. The Bertz CT molecular complexity index is 573. The monoisotopic (exact) mass is 322 g/mol. The Labute approximate surface area is 134 Å². The van der Waals surface area contributed by atoms with Gasteiger partial charge in [0.25, 0.3) is 11.4 Å². The molecular formula is C15H22N4O4. The Morgan fingerprint density at radius 1 is 1.17 bits per heavy atom. The minimum absolute atomic E-state index is 0.260. The first-order valence-corrected chi connectivity index (χ1v) is 7.86. The molecule has 2 rings (SSSR count). The van der Waals surface area contributed by atoms with E-state index in [0.29, 0.717) is 18.2 Å². The molecular weight excluding hydrogens is 300 g/mol. The van der Waals surface area contributed by atoms with Gasteiger partial charge in [-0.05, 0) is 37.9 Å². The third-order valence-electron chi connectivity index (χ3n) is 4.05. The van der Waals surface area contributed by atoms with Gasteiger partial charge in [0.1, 0.15) is 5.69 Å². The molecule has 1 atom stereocenters. The number of hydrogen-bond donors (Lipinski definition) is 1. The largest absolute Gasteiger partial charge is 0.379 e. The van der Waals surface area contributed by atoms with Crippen LogP contribution in [-0.2, 0) is 0 Å². The SMILES string of the molecule is CC(CNc1ccc([N+](=O)[O-])cc1[N+](=O)[O-])CN1CCCCC1. The van der Waals surface area contributed by atoms with Gasteiger partial charge in [-0.2, -0.15) is 0 Å². The zero-order valence-electron chi connectivity index (χ0n) is 13.2. The van der Waals surface area contributed by atoms with Crippen LogP contribution in [0.3, 0.4) is 0 Å². The van der Waals surface area contributed by atoms with Crippen LogP contribution in [-0.4, -0.2) is 40.9 Å². The fraction of sp³-hybridized carbons (Fsp3) is 0.600. The molecule has 1 aliphatic heterocycles. The van der Waals surface area contributed by atoms with Gasteiger partial charge >= 0.3 is 0 Å².